The number of aliphatic imine (C=N–C) groups is 1. The predicted molar refractivity (Wildman–Crippen MR) is 83.1 cm³/mol. The Hall–Kier alpha value is -0.440. The molecule has 5 atom stereocenters. The molecular formula is C15H23NO6S. The van der Waals surface area contributed by atoms with Crippen LogP contribution in [0.4, 0.5) is 0 Å². The Balaban J connectivity index is 1.82. The quantitative estimate of drug-likeness (QED) is 0.606. The zero-order valence-corrected chi connectivity index (χ0v) is 14.6. The van der Waals surface area contributed by atoms with Gasteiger partial charge in [0.05, 0.1) is 18.3 Å². The van der Waals surface area contributed by atoms with Crippen molar-refractivity contribution in [3.63, 3.8) is 0 Å². The van der Waals surface area contributed by atoms with Crippen molar-refractivity contribution in [2.24, 2.45) is 4.99 Å². The highest BCUT2D eigenvalue weighted by molar-refractivity contribution is 7.78. The minimum atomic E-state index is -1.30. The Morgan fingerprint density at radius 2 is 1.87 bits per heavy atom. The number of hydrogen-bond acceptors (Lipinski definition) is 8. The summed E-state index contributed by atoms with van der Waals surface area (Å²) in [6.45, 7) is 7.89. The van der Waals surface area contributed by atoms with Crippen LogP contribution in [0.2, 0.25) is 0 Å². The highest BCUT2D eigenvalue weighted by atomic mass is 32.1. The Kier molecular flexibility index (Phi) is 4.40. The first-order chi connectivity index (χ1) is 10.7. The molecule has 0 radical (unpaired) electrons. The van der Waals surface area contributed by atoms with Gasteiger partial charge in [0.2, 0.25) is 0 Å². The Bertz CT molecular complexity index is 520. The second kappa shape index (κ2) is 5.82. The second-order valence-electron chi connectivity index (χ2n) is 7.06. The van der Waals surface area contributed by atoms with Gasteiger partial charge in [-0.3, -0.25) is 0 Å². The fraction of sp³-hybridized carbons (Fsp3) is 0.933. The largest absolute Gasteiger partial charge is 0.384 e. The van der Waals surface area contributed by atoms with Crippen molar-refractivity contribution >= 4 is 17.4 Å². The summed E-state index contributed by atoms with van der Waals surface area (Å²) in [5.74, 6) is -1.52. The number of nitrogens with zero attached hydrogens (tertiary/aromatic N) is 1. The predicted octanol–water partition coefficient (Wildman–Crippen LogP) is 1.24. The molecule has 0 aromatic carbocycles. The molecule has 0 unspecified atom stereocenters. The van der Waals surface area contributed by atoms with E-state index in [1.54, 1.807) is 13.8 Å². The molecular weight excluding hydrogens is 322 g/mol. The van der Waals surface area contributed by atoms with Crippen LogP contribution in [0.3, 0.4) is 0 Å². The maximum Gasteiger partial charge on any atom is 0.190 e. The van der Waals surface area contributed by atoms with Crippen LogP contribution >= 0.6 is 12.2 Å². The summed E-state index contributed by atoms with van der Waals surface area (Å²) in [7, 11) is 0. The van der Waals surface area contributed by atoms with Gasteiger partial charge in [-0.1, -0.05) is 0 Å². The number of isothiocyanates is 1. The SMILES string of the molecule is CC1(C)OC[C@H]([C@H]2O[C@@H]3OC(C)(C)O[C@@H]3[C@@]2(O)CCN=C=S)O1. The molecule has 130 valence electrons. The van der Waals surface area contributed by atoms with Crippen LogP contribution in [0.1, 0.15) is 34.1 Å². The van der Waals surface area contributed by atoms with E-state index in [4.69, 9.17) is 23.7 Å². The van der Waals surface area contributed by atoms with Gasteiger partial charge in [-0.05, 0) is 39.9 Å². The summed E-state index contributed by atoms with van der Waals surface area (Å²) >= 11 is 4.59. The number of fused-ring (bicyclic) bond motifs is 1. The van der Waals surface area contributed by atoms with E-state index in [1.807, 2.05) is 13.8 Å². The van der Waals surface area contributed by atoms with Crippen LogP contribution in [0.5, 0.6) is 0 Å². The maximum atomic E-state index is 11.3. The van der Waals surface area contributed by atoms with E-state index in [0.717, 1.165) is 0 Å². The fourth-order valence-corrected chi connectivity index (χ4v) is 3.52. The Morgan fingerprint density at radius 1 is 1.13 bits per heavy atom. The van der Waals surface area contributed by atoms with Crippen molar-refractivity contribution in [1.82, 2.24) is 0 Å². The highest BCUT2D eigenvalue weighted by Gasteiger charge is 2.65. The normalized spacial score (nSPS) is 44.0. The lowest BCUT2D eigenvalue weighted by molar-refractivity contribution is -0.248. The number of rotatable bonds is 4. The first-order valence-electron chi connectivity index (χ1n) is 7.76. The average molecular weight is 345 g/mol. The van der Waals surface area contributed by atoms with Crippen molar-refractivity contribution in [2.45, 2.75) is 75.9 Å². The minimum Gasteiger partial charge on any atom is -0.384 e. The topological polar surface area (TPSA) is 78.7 Å². The molecule has 0 spiro atoms. The number of ether oxygens (including phenoxy) is 5. The van der Waals surface area contributed by atoms with E-state index in [1.165, 1.54) is 0 Å². The van der Waals surface area contributed by atoms with Gasteiger partial charge < -0.3 is 28.8 Å². The number of aliphatic hydroxyl groups is 1. The van der Waals surface area contributed by atoms with E-state index < -0.39 is 41.8 Å². The first-order valence-corrected chi connectivity index (χ1v) is 8.17. The summed E-state index contributed by atoms with van der Waals surface area (Å²) in [6.07, 6.45) is -2.00. The van der Waals surface area contributed by atoms with Crippen molar-refractivity contribution in [3.8, 4) is 0 Å². The summed E-state index contributed by atoms with van der Waals surface area (Å²) < 4.78 is 29.0. The van der Waals surface area contributed by atoms with Crippen LogP contribution in [-0.2, 0) is 23.7 Å². The molecule has 7 nitrogen and oxygen atoms in total. The lowest BCUT2D eigenvalue weighted by Crippen LogP contribution is -2.54. The van der Waals surface area contributed by atoms with Crippen molar-refractivity contribution in [1.29, 1.82) is 0 Å². The molecule has 0 bridgehead atoms. The molecule has 3 saturated heterocycles. The van der Waals surface area contributed by atoms with Gasteiger partial charge in [0, 0.05) is 6.42 Å². The molecule has 1 N–H and O–H groups in total. The molecule has 0 saturated carbocycles. The van der Waals surface area contributed by atoms with Gasteiger partial charge in [-0.15, -0.1) is 0 Å². The zero-order valence-electron chi connectivity index (χ0n) is 13.8. The van der Waals surface area contributed by atoms with Gasteiger partial charge in [-0.2, -0.15) is 0 Å². The van der Waals surface area contributed by atoms with E-state index in [2.05, 4.69) is 22.4 Å². The van der Waals surface area contributed by atoms with Crippen molar-refractivity contribution < 1.29 is 28.8 Å². The standard InChI is InChI=1S/C15H23NO6S/c1-13(2)18-7-9(20-13)10-15(17,5-6-16-8-23)11-12(19-10)22-14(3,4)21-11/h9-12,17H,5-7H2,1-4H3/t9-,10-,11+,12-,15-/m1/s1. The highest BCUT2D eigenvalue weighted by Crippen LogP contribution is 2.47. The molecule has 8 heteroatoms. The lowest BCUT2D eigenvalue weighted by atomic mass is 9.86. The Labute approximate surface area is 140 Å². The minimum absolute atomic E-state index is 0.308. The summed E-state index contributed by atoms with van der Waals surface area (Å²) in [6, 6.07) is 0. The third kappa shape index (κ3) is 3.23. The van der Waals surface area contributed by atoms with Gasteiger partial charge in [-0.25, -0.2) is 4.99 Å². The lowest BCUT2D eigenvalue weighted by Gasteiger charge is -2.35. The monoisotopic (exact) mass is 345 g/mol. The third-order valence-electron chi connectivity index (χ3n) is 4.38. The molecule has 0 amide bonds. The summed E-state index contributed by atoms with van der Waals surface area (Å²) in [5.41, 5.74) is -1.30. The molecule has 3 rings (SSSR count). The van der Waals surface area contributed by atoms with E-state index in [9.17, 15) is 5.11 Å². The van der Waals surface area contributed by atoms with Gasteiger partial charge in [0.1, 0.15) is 23.9 Å². The van der Waals surface area contributed by atoms with Gasteiger partial charge >= 0.3 is 0 Å². The van der Waals surface area contributed by atoms with E-state index in [0.29, 0.717) is 19.6 Å². The molecule has 3 fully saturated rings. The molecule has 3 heterocycles. The van der Waals surface area contributed by atoms with Crippen molar-refractivity contribution in [2.75, 3.05) is 13.2 Å². The first kappa shape index (κ1) is 17.4. The van der Waals surface area contributed by atoms with Crippen LogP contribution < -0.4 is 0 Å². The summed E-state index contributed by atoms with van der Waals surface area (Å²) in [5, 5.41) is 13.6. The third-order valence-corrected chi connectivity index (χ3v) is 4.51. The summed E-state index contributed by atoms with van der Waals surface area (Å²) in [4.78, 5) is 3.90. The van der Waals surface area contributed by atoms with Gasteiger partial charge in [0.25, 0.3) is 0 Å². The van der Waals surface area contributed by atoms with Gasteiger partial charge in [0.15, 0.2) is 17.9 Å². The van der Waals surface area contributed by atoms with Crippen LogP contribution in [0, 0.1) is 0 Å². The average Bonchev–Trinajstić information content (AvgIpc) is 3.02. The zero-order chi connectivity index (χ0) is 16.9. The molecule has 0 aromatic heterocycles. The van der Waals surface area contributed by atoms with E-state index >= 15 is 0 Å². The van der Waals surface area contributed by atoms with Crippen LogP contribution in [0.15, 0.2) is 4.99 Å². The Morgan fingerprint density at radius 3 is 2.48 bits per heavy atom. The molecule has 0 aromatic rings. The second-order valence-corrected chi connectivity index (χ2v) is 7.25. The maximum absolute atomic E-state index is 11.3. The van der Waals surface area contributed by atoms with Crippen LogP contribution in [-0.4, -0.2) is 65.2 Å². The fourth-order valence-electron chi connectivity index (χ4n) is 3.43. The smallest absolute Gasteiger partial charge is 0.190 e. The number of hydrogen-bond donors (Lipinski definition) is 1. The van der Waals surface area contributed by atoms with Crippen molar-refractivity contribution in [3.05, 3.63) is 0 Å². The molecule has 3 aliphatic rings. The molecule has 0 aliphatic carbocycles. The van der Waals surface area contributed by atoms with Crippen LogP contribution in [0.25, 0.3) is 0 Å². The molecule has 23 heavy (non-hydrogen) atoms. The van der Waals surface area contributed by atoms with E-state index in [-0.39, 0.29) is 0 Å². The number of thiocarbonyl (C=S) groups is 1. The molecule has 3 aliphatic heterocycles.